The van der Waals surface area contributed by atoms with Gasteiger partial charge in [-0.3, -0.25) is 4.79 Å². The van der Waals surface area contributed by atoms with Crippen LogP contribution in [0.15, 0.2) is 28.7 Å². The van der Waals surface area contributed by atoms with Gasteiger partial charge in [0.05, 0.1) is 6.04 Å². The van der Waals surface area contributed by atoms with Gasteiger partial charge in [0.25, 0.3) is 0 Å². The maximum atomic E-state index is 11.6. The van der Waals surface area contributed by atoms with Crippen LogP contribution in [0.3, 0.4) is 0 Å². The predicted molar refractivity (Wildman–Crippen MR) is 57.0 cm³/mol. The summed E-state index contributed by atoms with van der Waals surface area (Å²) in [7, 11) is 1.78. The summed E-state index contributed by atoms with van der Waals surface area (Å²) in [4.78, 5) is 11.6. The van der Waals surface area contributed by atoms with Crippen molar-refractivity contribution < 1.29 is 4.79 Å². The van der Waals surface area contributed by atoms with Crippen molar-refractivity contribution in [2.45, 2.75) is 13.0 Å². The fourth-order valence-electron chi connectivity index (χ4n) is 0.995. The molecule has 1 aromatic rings. The number of carbonyl (C=O) groups is 1. The summed E-state index contributed by atoms with van der Waals surface area (Å²) in [5.41, 5.74) is 0.741. The molecule has 1 aromatic carbocycles. The summed E-state index contributed by atoms with van der Waals surface area (Å²) in [6.07, 6.45) is 0. The van der Waals surface area contributed by atoms with Gasteiger partial charge >= 0.3 is 0 Å². The van der Waals surface area contributed by atoms with E-state index >= 15 is 0 Å². The standard InChI is InChI=1S/C10H12BrNO/c1-7(12-2)10(13)8-3-5-9(11)6-4-8/h3-7,12H,1-2H3. The highest BCUT2D eigenvalue weighted by atomic mass is 79.9. The number of halogens is 1. The first-order chi connectivity index (χ1) is 6.15. The molecule has 2 nitrogen and oxygen atoms in total. The Labute approximate surface area is 86.5 Å². The minimum absolute atomic E-state index is 0.120. The van der Waals surface area contributed by atoms with Gasteiger partial charge in [-0.15, -0.1) is 0 Å². The fourth-order valence-corrected chi connectivity index (χ4v) is 1.26. The molecule has 0 spiro atoms. The van der Waals surface area contributed by atoms with Crippen molar-refractivity contribution in [3.8, 4) is 0 Å². The average Bonchev–Trinajstić information content (AvgIpc) is 2.17. The molecule has 1 atom stereocenters. The van der Waals surface area contributed by atoms with Crippen LogP contribution in [0.2, 0.25) is 0 Å². The number of benzene rings is 1. The zero-order valence-corrected chi connectivity index (χ0v) is 9.26. The molecule has 0 radical (unpaired) electrons. The van der Waals surface area contributed by atoms with E-state index in [0.717, 1.165) is 10.0 Å². The zero-order valence-electron chi connectivity index (χ0n) is 7.67. The molecule has 1 N–H and O–H groups in total. The third-order valence-electron chi connectivity index (χ3n) is 1.96. The number of Topliss-reactive ketones (excluding diaryl/α,β-unsaturated/α-hetero) is 1. The third-order valence-corrected chi connectivity index (χ3v) is 2.48. The molecule has 70 valence electrons. The zero-order chi connectivity index (χ0) is 9.84. The molecule has 1 unspecified atom stereocenters. The lowest BCUT2D eigenvalue weighted by atomic mass is 10.1. The molecular weight excluding hydrogens is 230 g/mol. The van der Waals surface area contributed by atoms with Gasteiger partial charge in [-0.2, -0.15) is 0 Å². The third kappa shape index (κ3) is 2.64. The normalized spacial score (nSPS) is 12.5. The summed E-state index contributed by atoms with van der Waals surface area (Å²) in [6.45, 7) is 1.85. The minimum Gasteiger partial charge on any atom is -0.310 e. The van der Waals surface area contributed by atoms with Crippen LogP contribution in [0.1, 0.15) is 17.3 Å². The SMILES string of the molecule is CNC(C)C(=O)c1ccc(Br)cc1. The molecule has 0 aliphatic rings. The minimum atomic E-state index is -0.124. The van der Waals surface area contributed by atoms with Crippen molar-refractivity contribution in [1.82, 2.24) is 5.32 Å². The van der Waals surface area contributed by atoms with Crippen LogP contribution in [0.5, 0.6) is 0 Å². The van der Waals surface area contributed by atoms with E-state index in [1.165, 1.54) is 0 Å². The van der Waals surface area contributed by atoms with Gasteiger partial charge < -0.3 is 5.32 Å². The van der Waals surface area contributed by atoms with Crippen LogP contribution in [-0.2, 0) is 0 Å². The van der Waals surface area contributed by atoms with Gasteiger partial charge in [-0.05, 0) is 26.1 Å². The van der Waals surface area contributed by atoms with E-state index in [9.17, 15) is 4.79 Å². The van der Waals surface area contributed by atoms with Crippen LogP contribution in [0, 0.1) is 0 Å². The van der Waals surface area contributed by atoms with Crippen molar-refractivity contribution in [3.05, 3.63) is 34.3 Å². The second kappa shape index (κ2) is 4.53. The first kappa shape index (κ1) is 10.4. The highest BCUT2D eigenvalue weighted by Crippen LogP contribution is 2.11. The first-order valence-corrected chi connectivity index (χ1v) is 4.91. The number of rotatable bonds is 3. The van der Waals surface area contributed by atoms with Crippen LogP contribution in [-0.4, -0.2) is 18.9 Å². The van der Waals surface area contributed by atoms with E-state index in [1.54, 1.807) is 7.05 Å². The largest absolute Gasteiger partial charge is 0.310 e. The van der Waals surface area contributed by atoms with E-state index in [0.29, 0.717) is 0 Å². The maximum absolute atomic E-state index is 11.6. The molecule has 0 saturated carbocycles. The molecule has 1 rings (SSSR count). The average molecular weight is 242 g/mol. The quantitative estimate of drug-likeness (QED) is 0.823. The van der Waals surface area contributed by atoms with Crippen LogP contribution in [0.4, 0.5) is 0 Å². The number of ketones is 1. The Morgan fingerprint density at radius 1 is 1.38 bits per heavy atom. The molecule has 0 heterocycles. The summed E-state index contributed by atoms with van der Waals surface area (Å²) in [5, 5.41) is 2.92. The van der Waals surface area contributed by atoms with Crippen LogP contribution < -0.4 is 5.32 Å². The van der Waals surface area contributed by atoms with Crippen molar-refractivity contribution in [3.63, 3.8) is 0 Å². The summed E-state index contributed by atoms with van der Waals surface area (Å²) in [6, 6.07) is 7.26. The Kier molecular flexibility index (Phi) is 3.63. The highest BCUT2D eigenvalue weighted by molar-refractivity contribution is 9.10. The highest BCUT2D eigenvalue weighted by Gasteiger charge is 2.11. The van der Waals surface area contributed by atoms with Gasteiger partial charge in [0.15, 0.2) is 5.78 Å². The maximum Gasteiger partial charge on any atom is 0.179 e. The lowest BCUT2D eigenvalue weighted by Crippen LogP contribution is -2.30. The number of nitrogens with one attached hydrogen (secondary N) is 1. The number of hydrogen-bond donors (Lipinski definition) is 1. The molecule has 0 bridgehead atoms. The van der Waals surface area contributed by atoms with Gasteiger partial charge in [0.1, 0.15) is 0 Å². The summed E-state index contributed by atoms with van der Waals surface area (Å²) >= 11 is 3.32. The molecule has 0 aliphatic carbocycles. The second-order valence-electron chi connectivity index (χ2n) is 2.88. The number of carbonyl (C=O) groups excluding carboxylic acids is 1. The van der Waals surface area contributed by atoms with E-state index in [4.69, 9.17) is 0 Å². The smallest absolute Gasteiger partial charge is 0.179 e. The molecule has 0 aromatic heterocycles. The predicted octanol–water partition coefficient (Wildman–Crippen LogP) is 2.24. The van der Waals surface area contributed by atoms with Gasteiger partial charge in [-0.1, -0.05) is 28.1 Å². The van der Waals surface area contributed by atoms with Gasteiger partial charge in [0.2, 0.25) is 0 Å². The van der Waals surface area contributed by atoms with E-state index in [-0.39, 0.29) is 11.8 Å². The number of hydrogen-bond acceptors (Lipinski definition) is 2. The molecule has 3 heteroatoms. The van der Waals surface area contributed by atoms with Crippen molar-refractivity contribution in [2.75, 3.05) is 7.05 Å². The first-order valence-electron chi connectivity index (χ1n) is 4.12. The molecular formula is C10H12BrNO. The Morgan fingerprint density at radius 2 is 1.92 bits per heavy atom. The Hall–Kier alpha value is -0.670. The van der Waals surface area contributed by atoms with Gasteiger partial charge in [0, 0.05) is 10.0 Å². The molecule has 13 heavy (non-hydrogen) atoms. The summed E-state index contributed by atoms with van der Waals surface area (Å²) in [5.74, 6) is 0.120. The van der Waals surface area contributed by atoms with E-state index in [1.807, 2.05) is 31.2 Å². The molecule has 0 saturated heterocycles. The fraction of sp³-hybridized carbons (Fsp3) is 0.300. The van der Waals surface area contributed by atoms with Gasteiger partial charge in [-0.25, -0.2) is 0 Å². The Balaban J connectivity index is 2.83. The van der Waals surface area contributed by atoms with Crippen molar-refractivity contribution in [2.24, 2.45) is 0 Å². The molecule has 0 fully saturated rings. The Morgan fingerprint density at radius 3 is 2.38 bits per heavy atom. The van der Waals surface area contributed by atoms with E-state index in [2.05, 4.69) is 21.2 Å². The molecule has 0 amide bonds. The lowest BCUT2D eigenvalue weighted by Gasteiger charge is -2.08. The Bertz CT molecular complexity index is 294. The summed E-state index contributed by atoms with van der Waals surface area (Å²) < 4.78 is 0.987. The number of likely N-dealkylation sites (N-methyl/N-ethyl adjacent to an activating group) is 1. The monoisotopic (exact) mass is 241 g/mol. The van der Waals surface area contributed by atoms with Crippen molar-refractivity contribution >= 4 is 21.7 Å². The van der Waals surface area contributed by atoms with Crippen LogP contribution in [0.25, 0.3) is 0 Å². The van der Waals surface area contributed by atoms with Crippen LogP contribution >= 0.6 is 15.9 Å². The lowest BCUT2D eigenvalue weighted by molar-refractivity contribution is 0.0955. The topological polar surface area (TPSA) is 29.1 Å². The van der Waals surface area contributed by atoms with Crippen molar-refractivity contribution in [1.29, 1.82) is 0 Å². The van der Waals surface area contributed by atoms with E-state index < -0.39 is 0 Å². The second-order valence-corrected chi connectivity index (χ2v) is 3.80. The molecule has 0 aliphatic heterocycles.